The summed E-state index contributed by atoms with van der Waals surface area (Å²) in [6.45, 7) is 10.1. The van der Waals surface area contributed by atoms with E-state index in [0.717, 1.165) is 37.8 Å². The van der Waals surface area contributed by atoms with Crippen LogP contribution in [0.25, 0.3) is 0 Å². The molecule has 2 aliphatic rings. The molecule has 2 fully saturated rings. The second-order valence-corrected chi connectivity index (χ2v) is 11.4. The topological polar surface area (TPSA) is 81.8 Å². The normalized spacial score (nSPS) is 21.2. The fourth-order valence-electron chi connectivity index (χ4n) is 5.48. The van der Waals surface area contributed by atoms with Gasteiger partial charge in [0.15, 0.2) is 0 Å². The number of imide groups is 1. The van der Waals surface area contributed by atoms with E-state index in [1.54, 1.807) is 0 Å². The molecule has 0 unspecified atom stereocenters. The molecule has 0 spiro atoms. The van der Waals surface area contributed by atoms with E-state index >= 15 is 0 Å². The van der Waals surface area contributed by atoms with Gasteiger partial charge in [-0.15, -0.1) is 0 Å². The van der Waals surface area contributed by atoms with Crippen molar-refractivity contribution in [3.05, 3.63) is 82.8 Å². The van der Waals surface area contributed by atoms with Crippen molar-refractivity contribution in [2.75, 3.05) is 26.2 Å². The van der Waals surface area contributed by atoms with E-state index < -0.39 is 11.1 Å². The molecule has 7 nitrogen and oxygen atoms in total. The van der Waals surface area contributed by atoms with Crippen LogP contribution in [0.2, 0.25) is 0 Å². The molecular weight excluding hydrogens is 496 g/mol. The van der Waals surface area contributed by atoms with Crippen molar-refractivity contribution in [3.63, 3.8) is 0 Å². The number of carbonyl (C=O) groups is 3. The molecular formula is C30H38N4O3S. The number of benzene rings is 2. The Morgan fingerprint density at radius 2 is 1.74 bits per heavy atom. The maximum absolute atomic E-state index is 12.6. The Bertz CT molecular complexity index is 1100. The lowest BCUT2D eigenvalue weighted by Crippen LogP contribution is -2.42. The fourth-order valence-corrected chi connectivity index (χ4v) is 6.13. The molecule has 0 saturated carbocycles. The summed E-state index contributed by atoms with van der Waals surface area (Å²) in [6.07, 6.45) is 2.57. The van der Waals surface area contributed by atoms with E-state index in [1.165, 1.54) is 17.2 Å². The Hall–Kier alpha value is -2.94. The van der Waals surface area contributed by atoms with Crippen LogP contribution in [0.3, 0.4) is 0 Å². The van der Waals surface area contributed by atoms with Gasteiger partial charge in [-0.05, 0) is 41.8 Å². The Morgan fingerprint density at radius 1 is 1.11 bits per heavy atom. The van der Waals surface area contributed by atoms with E-state index in [1.807, 2.05) is 0 Å². The average molecular weight is 535 g/mol. The lowest BCUT2D eigenvalue weighted by molar-refractivity contribution is -0.120. The molecule has 38 heavy (non-hydrogen) atoms. The number of carbonyl (C=O) groups excluding carboxylic acids is 3. The van der Waals surface area contributed by atoms with Crippen molar-refractivity contribution in [1.29, 1.82) is 0 Å². The van der Waals surface area contributed by atoms with Gasteiger partial charge in [-0.1, -0.05) is 87.5 Å². The first kappa shape index (κ1) is 28.1. The fraction of sp³-hybridized carbons (Fsp3) is 0.433. The number of likely N-dealkylation sites (tertiary alicyclic amines) is 1. The molecule has 2 aromatic rings. The van der Waals surface area contributed by atoms with E-state index in [0.29, 0.717) is 23.4 Å². The van der Waals surface area contributed by atoms with Gasteiger partial charge in [0.2, 0.25) is 5.91 Å². The second-order valence-electron chi connectivity index (χ2n) is 10.4. The summed E-state index contributed by atoms with van der Waals surface area (Å²) in [5, 5.41) is 4.88. The summed E-state index contributed by atoms with van der Waals surface area (Å²) in [4.78, 5) is 41.0. The highest BCUT2D eigenvalue weighted by atomic mass is 32.2. The molecule has 8 heteroatoms. The van der Waals surface area contributed by atoms with Crippen LogP contribution in [0.5, 0.6) is 0 Å². The summed E-state index contributed by atoms with van der Waals surface area (Å²) in [5.74, 6) is -0.0696. The predicted molar refractivity (Wildman–Crippen MR) is 153 cm³/mol. The van der Waals surface area contributed by atoms with Crippen LogP contribution in [0.1, 0.15) is 50.8 Å². The van der Waals surface area contributed by atoms with Gasteiger partial charge >= 0.3 is 0 Å². The van der Waals surface area contributed by atoms with Crippen molar-refractivity contribution >= 4 is 28.8 Å². The molecule has 2 saturated heterocycles. The molecule has 202 valence electrons. The minimum Gasteiger partial charge on any atom is -0.354 e. The average Bonchev–Trinajstić information content (AvgIpc) is 3.48. The van der Waals surface area contributed by atoms with Gasteiger partial charge in [-0.3, -0.25) is 29.5 Å². The van der Waals surface area contributed by atoms with Gasteiger partial charge in [0.25, 0.3) is 11.1 Å². The first-order valence-electron chi connectivity index (χ1n) is 13.4. The van der Waals surface area contributed by atoms with Gasteiger partial charge in [0.05, 0.1) is 10.9 Å². The molecule has 0 radical (unpaired) electrons. The number of thioether (sulfide) groups is 1. The standard InChI is InChI=1S/C30H38N4O3S/c1-4-33-20-25(17-24(33)18-31-27(35)16-15-26-29(36)32-30(37)38-26)34(19-21(2)3)28(22-11-7-5-8-12-22)23-13-9-6-10-14-23/h5-15,21,24-25,28H,4,16-20H2,1-3H3,(H,31,35)(H,32,36,37)/b26-15-/t24-,25+/m0/s1. The smallest absolute Gasteiger partial charge is 0.290 e. The third-order valence-electron chi connectivity index (χ3n) is 7.17. The zero-order valence-electron chi connectivity index (χ0n) is 22.4. The minimum absolute atomic E-state index is 0.0782. The Balaban J connectivity index is 1.48. The maximum atomic E-state index is 12.6. The zero-order chi connectivity index (χ0) is 27.1. The summed E-state index contributed by atoms with van der Waals surface area (Å²) < 4.78 is 0. The van der Waals surface area contributed by atoms with Crippen molar-refractivity contribution < 1.29 is 14.4 Å². The third kappa shape index (κ3) is 7.12. The lowest BCUT2D eigenvalue weighted by atomic mass is 9.94. The van der Waals surface area contributed by atoms with Crippen molar-refractivity contribution in [2.45, 2.75) is 51.7 Å². The van der Waals surface area contributed by atoms with Crippen LogP contribution in [0, 0.1) is 5.92 Å². The summed E-state index contributed by atoms with van der Waals surface area (Å²) in [5.41, 5.74) is 2.58. The maximum Gasteiger partial charge on any atom is 0.290 e. The molecule has 0 aliphatic carbocycles. The van der Waals surface area contributed by atoms with Crippen LogP contribution in [0.4, 0.5) is 4.79 Å². The minimum atomic E-state index is -0.430. The summed E-state index contributed by atoms with van der Waals surface area (Å²) >= 11 is 0.838. The number of hydrogen-bond donors (Lipinski definition) is 2. The second kappa shape index (κ2) is 13.2. The lowest BCUT2D eigenvalue weighted by Gasteiger charge is -2.38. The van der Waals surface area contributed by atoms with Gasteiger partial charge in [-0.2, -0.15) is 0 Å². The number of likely N-dealkylation sites (N-methyl/N-ethyl adjacent to an activating group) is 1. The van der Waals surface area contributed by atoms with E-state index in [9.17, 15) is 14.4 Å². The number of amides is 3. The first-order valence-corrected chi connectivity index (χ1v) is 14.3. The largest absolute Gasteiger partial charge is 0.354 e. The number of nitrogens with one attached hydrogen (secondary N) is 2. The van der Waals surface area contributed by atoms with Gasteiger partial charge in [0.1, 0.15) is 0 Å². The predicted octanol–water partition coefficient (Wildman–Crippen LogP) is 4.57. The molecule has 2 aliphatic heterocycles. The van der Waals surface area contributed by atoms with Gasteiger partial charge in [0, 0.05) is 38.1 Å². The molecule has 2 atom stereocenters. The highest BCUT2D eigenvalue weighted by molar-refractivity contribution is 8.18. The monoisotopic (exact) mass is 534 g/mol. The van der Waals surface area contributed by atoms with Crippen LogP contribution >= 0.6 is 11.8 Å². The molecule has 0 bridgehead atoms. The Morgan fingerprint density at radius 3 is 2.26 bits per heavy atom. The molecule has 2 aromatic carbocycles. The Kier molecular flexibility index (Phi) is 9.77. The number of hydrogen-bond acceptors (Lipinski definition) is 6. The van der Waals surface area contributed by atoms with Crippen molar-refractivity contribution in [2.24, 2.45) is 5.92 Å². The molecule has 2 heterocycles. The summed E-state index contributed by atoms with van der Waals surface area (Å²) in [6, 6.07) is 22.2. The van der Waals surface area contributed by atoms with Gasteiger partial charge < -0.3 is 5.32 Å². The van der Waals surface area contributed by atoms with Gasteiger partial charge in [-0.25, -0.2) is 0 Å². The molecule has 0 aromatic heterocycles. The van der Waals surface area contributed by atoms with E-state index in [-0.39, 0.29) is 24.4 Å². The first-order chi connectivity index (χ1) is 18.4. The molecule has 4 rings (SSSR count). The quantitative estimate of drug-likeness (QED) is 0.411. The third-order valence-corrected chi connectivity index (χ3v) is 8.03. The van der Waals surface area contributed by atoms with E-state index in [4.69, 9.17) is 0 Å². The SMILES string of the molecule is CCN1C[C@H](N(CC(C)C)C(c2ccccc2)c2ccccc2)C[C@H]1CNC(=O)C/C=C1\SC(=O)NC1=O. The van der Waals surface area contributed by atoms with Crippen LogP contribution < -0.4 is 10.6 Å². The van der Waals surface area contributed by atoms with Crippen LogP contribution in [-0.2, 0) is 9.59 Å². The van der Waals surface area contributed by atoms with Crippen molar-refractivity contribution in [3.8, 4) is 0 Å². The number of rotatable bonds is 11. The van der Waals surface area contributed by atoms with Crippen LogP contribution in [-0.4, -0.2) is 65.1 Å². The highest BCUT2D eigenvalue weighted by Crippen LogP contribution is 2.35. The highest BCUT2D eigenvalue weighted by Gasteiger charge is 2.38. The molecule has 3 amide bonds. The number of nitrogens with zero attached hydrogens (tertiary/aromatic N) is 2. The van der Waals surface area contributed by atoms with Crippen molar-refractivity contribution in [1.82, 2.24) is 20.4 Å². The van der Waals surface area contributed by atoms with E-state index in [2.05, 4.69) is 102 Å². The summed E-state index contributed by atoms with van der Waals surface area (Å²) in [7, 11) is 0. The Labute approximate surface area is 230 Å². The molecule has 2 N–H and O–H groups in total. The van der Waals surface area contributed by atoms with Crippen LogP contribution in [0.15, 0.2) is 71.6 Å². The zero-order valence-corrected chi connectivity index (χ0v) is 23.2.